The number of halogens is 1. The van der Waals surface area contributed by atoms with Crippen molar-refractivity contribution in [2.24, 2.45) is 0 Å². The number of hydrogen-bond acceptors (Lipinski definition) is 5. The van der Waals surface area contributed by atoms with Gasteiger partial charge in [0.1, 0.15) is 18.0 Å². The topological polar surface area (TPSA) is 61.0 Å². The van der Waals surface area contributed by atoms with Crippen LogP contribution in [-0.4, -0.2) is 90.7 Å². The van der Waals surface area contributed by atoms with Crippen molar-refractivity contribution < 1.29 is 14.3 Å². The van der Waals surface area contributed by atoms with E-state index in [2.05, 4.69) is 46.1 Å². The van der Waals surface area contributed by atoms with E-state index in [1.54, 1.807) is 0 Å². The van der Waals surface area contributed by atoms with Crippen molar-refractivity contribution in [3.8, 4) is 5.75 Å². The minimum Gasteiger partial charge on any atom is -0.491 e. The minimum atomic E-state index is -0.712. The molecule has 7 nitrogen and oxygen atoms in total. The van der Waals surface area contributed by atoms with E-state index in [4.69, 9.17) is 21.1 Å². The van der Waals surface area contributed by atoms with Crippen LogP contribution in [0.1, 0.15) is 12.0 Å². The van der Waals surface area contributed by atoms with E-state index in [0.717, 1.165) is 50.5 Å². The average Bonchev–Trinajstić information content (AvgIpc) is 3.32. The van der Waals surface area contributed by atoms with Crippen LogP contribution in [0.3, 0.4) is 0 Å². The van der Waals surface area contributed by atoms with Crippen LogP contribution in [0.5, 0.6) is 5.75 Å². The monoisotopic (exact) mass is 496 g/mol. The maximum absolute atomic E-state index is 13.3. The lowest BCUT2D eigenvalue weighted by atomic mass is 9.96. The van der Waals surface area contributed by atoms with Gasteiger partial charge in [-0.15, -0.1) is 0 Å². The van der Waals surface area contributed by atoms with Crippen molar-refractivity contribution >= 4 is 28.4 Å². The first-order valence-corrected chi connectivity index (χ1v) is 12.6. The number of morpholine rings is 1. The quantitative estimate of drug-likeness (QED) is 0.541. The fourth-order valence-electron chi connectivity index (χ4n) is 4.95. The number of carbonyl (C=O) groups is 1. The molecule has 186 valence electrons. The number of benzene rings is 2. The second kappa shape index (κ2) is 10.6. The summed E-state index contributed by atoms with van der Waals surface area (Å²) in [5.41, 5.74) is 1.67. The number of nitrogens with zero attached hydrogens (tertiary/aromatic N) is 3. The maximum atomic E-state index is 13.3. The summed E-state index contributed by atoms with van der Waals surface area (Å²) in [4.78, 5) is 23.2. The number of likely N-dealkylation sites (N-methyl/N-ethyl adjacent to an activating group) is 1. The van der Waals surface area contributed by atoms with E-state index in [1.165, 1.54) is 10.9 Å². The van der Waals surface area contributed by atoms with Gasteiger partial charge in [0.25, 0.3) is 0 Å². The van der Waals surface area contributed by atoms with Crippen LogP contribution in [0.2, 0.25) is 5.02 Å². The summed E-state index contributed by atoms with van der Waals surface area (Å²) in [6.07, 6.45) is 2.27. The molecular weight excluding hydrogens is 464 g/mol. The molecule has 0 spiro atoms. The van der Waals surface area contributed by atoms with Gasteiger partial charge < -0.3 is 24.3 Å². The molecule has 2 aliphatic rings. The third-order valence-electron chi connectivity index (χ3n) is 7.00. The highest BCUT2D eigenvalue weighted by Gasteiger charge is 2.41. The van der Waals surface area contributed by atoms with Crippen molar-refractivity contribution in [1.82, 2.24) is 19.7 Å². The number of amides is 1. The van der Waals surface area contributed by atoms with Crippen molar-refractivity contribution in [3.63, 3.8) is 0 Å². The number of piperazine rings is 1. The molecular formula is C27H33ClN4O3. The molecule has 8 heteroatoms. The highest BCUT2D eigenvalue weighted by Crippen LogP contribution is 2.27. The largest absolute Gasteiger partial charge is 0.491 e. The Labute approximate surface area is 211 Å². The Morgan fingerprint density at radius 3 is 2.69 bits per heavy atom. The number of aromatic amines is 1. The van der Waals surface area contributed by atoms with Gasteiger partial charge in [-0.2, -0.15) is 0 Å². The summed E-state index contributed by atoms with van der Waals surface area (Å²) in [6.45, 7) is 6.42. The van der Waals surface area contributed by atoms with Gasteiger partial charge in [0.15, 0.2) is 0 Å². The molecule has 1 atom stereocenters. The Balaban J connectivity index is 1.31. The lowest BCUT2D eigenvalue weighted by Crippen LogP contribution is -2.58. The predicted molar refractivity (Wildman–Crippen MR) is 138 cm³/mol. The molecule has 0 aliphatic carbocycles. The molecule has 3 aromatic rings. The van der Waals surface area contributed by atoms with E-state index >= 15 is 0 Å². The van der Waals surface area contributed by atoms with Gasteiger partial charge in [0.05, 0.1) is 13.0 Å². The van der Waals surface area contributed by atoms with Gasteiger partial charge in [-0.25, -0.2) is 0 Å². The summed E-state index contributed by atoms with van der Waals surface area (Å²) in [5.74, 6) is 0.854. The molecule has 2 saturated heterocycles. The Bertz CT molecular complexity index is 1140. The number of nitrogens with one attached hydrogen (secondary N) is 1. The van der Waals surface area contributed by atoms with E-state index in [0.29, 0.717) is 31.2 Å². The van der Waals surface area contributed by atoms with Crippen molar-refractivity contribution in [2.45, 2.75) is 18.6 Å². The number of aromatic nitrogens is 1. The van der Waals surface area contributed by atoms with E-state index < -0.39 is 5.60 Å². The summed E-state index contributed by atoms with van der Waals surface area (Å²) in [5, 5.41) is 1.87. The number of rotatable bonds is 7. The van der Waals surface area contributed by atoms with Gasteiger partial charge in [0.2, 0.25) is 5.91 Å². The van der Waals surface area contributed by atoms with Crippen LogP contribution in [0.15, 0.2) is 54.7 Å². The molecule has 2 aromatic carbocycles. The van der Waals surface area contributed by atoms with Crippen LogP contribution in [-0.2, 0) is 16.1 Å². The van der Waals surface area contributed by atoms with Gasteiger partial charge in [-0.3, -0.25) is 9.69 Å². The molecule has 5 rings (SSSR count). The molecule has 0 saturated carbocycles. The zero-order chi connectivity index (χ0) is 24.3. The zero-order valence-electron chi connectivity index (χ0n) is 20.2. The lowest BCUT2D eigenvalue weighted by Gasteiger charge is -2.43. The van der Waals surface area contributed by atoms with Crippen LogP contribution < -0.4 is 4.74 Å². The van der Waals surface area contributed by atoms with Crippen LogP contribution in [0, 0.1) is 0 Å². The van der Waals surface area contributed by atoms with Crippen molar-refractivity contribution in [2.75, 3.05) is 59.5 Å². The molecule has 2 fully saturated rings. The van der Waals surface area contributed by atoms with Gasteiger partial charge in [-0.1, -0.05) is 17.7 Å². The van der Waals surface area contributed by atoms with Gasteiger partial charge in [-0.05, 0) is 60.5 Å². The van der Waals surface area contributed by atoms with E-state index in [-0.39, 0.29) is 5.91 Å². The van der Waals surface area contributed by atoms with E-state index in [1.807, 2.05) is 35.4 Å². The standard InChI is InChI=1S/C27H33ClN4O3/c1-30-10-12-32(13-11-30)26(33)17-27(20-34-24-5-3-23(28)4-6-24)19-31(14-15-35-27)18-21-2-7-25-22(16-21)8-9-29-25/h2-9,16,29H,10-15,17-20H2,1H3/t27-/m1/s1. The molecule has 35 heavy (non-hydrogen) atoms. The molecule has 1 N–H and O–H groups in total. The summed E-state index contributed by atoms with van der Waals surface area (Å²) >= 11 is 6.04. The third-order valence-corrected chi connectivity index (χ3v) is 7.25. The molecule has 0 unspecified atom stereocenters. The smallest absolute Gasteiger partial charge is 0.225 e. The van der Waals surface area contributed by atoms with Crippen molar-refractivity contribution in [1.29, 1.82) is 0 Å². The zero-order valence-corrected chi connectivity index (χ0v) is 21.0. The molecule has 3 heterocycles. The summed E-state index contributed by atoms with van der Waals surface area (Å²) in [7, 11) is 2.09. The first-order valence-electron chi connectivity index (χ1n) is 12.3. The molecule has 1 aromatic heterocycles. The molecule has 0 bridgehead atoms. The van der Waals surface area contributed by atoms with Crippen LogP contribution >= 0.6 is 11.6 Å². The Morgan fingerprint density at radius 1 is 1.09 bits per heavy atom. The van der Waals surface area contributed by atoms with Crippen molar-refractivity contribution in [3.05, 3.63) is 65.3 Å². The fraction of sp³-hybridized carbons (Fsp3) is 0.444. The average molecular weight is 497 g/mol. The highest BCUT2D eigenvalue weighted by atomic mass is 35.5. The Morgan fingerprint density at radius 2 is 1.89 bits per heavy atom. The number of ether oxygens (including phenoxy) is 2. The molecule has 1 amide bonds. The van der Waals surface area contributed by atoms with Gasteiger partial charge in [0, 0.05) is 62.5 Å². The lowest BCUT2D eigenvalue weighted by molar-refractivity contribution is -0.157. The predicted octanol–water partition coefficient (Wildman–Crippen LogP) is 3.64. The Hall–Kier alpha value is -2.58. The number of H-pyrrole nitrogens is 1. The molecule has 0 radical (unpaired) electrons. The van der Waals surface area contributed by atoms with Gasteiger partial charge >= 0.3 is 0 Å². The van der Waals surface area contributed by atoms with Crippen LogP contribution in [0.4, 0.5) is 0 Å². The first kappa shape index (κ1) is 24.1. The third kappa shape index (κ3) is 5.98. The first-order chi connectivity index (χ1) is 17.0. The highest BCUT2D eigenvalue weighted by molar-refractivity contribution is 6.30. The summed E-state index contributed by atoms with van der Waals surface area (Å²) in [6, 6.07) is 15.9. The molecule has 2 aliphatic heterocycles. The second-order valence-corrected chi connectivity index (χ2v) is 10.2. The minimum absolute atomic E-state index is 0.133. The maximum Gasteiger partial charge on any atom is 0.225 e. The Kier molecular flexibility index (Phi) is 7.29. The SMILES string of the molecule is CN1CCN(C(=O)C[C@]2(COc3ccc(Cl)cc3)CN(Cc3ccc4[nH]ccc4c3)CCO2)CC1. The second-order valence-electron chi connectivity index (χ2n) is 9.74. The van der Waals surface area contributed by atoms with E-state index in [9.17, 15) is 4.79 Å². The normalized spacial score (nSPS) is 21.9. The fourth-order valence-corrected chi connectivity index (χ4v) is 5.08. The van der Waals surface area contributed by atoms with Crippen LogP contribution in [0.25, 0.3) is 10.9 Å². The summed E-state index contributed by atoms with van der Waals surface area (Å²) < 4.78 is 12.5. The number of carbonyl (C=O) groups excluding carboxylic acids is 1. The number of hydrogen-bond donors (Lipinski definition) is 1. The number of fused-ring (bicyclic) bond motifs is 1.